The first-order chi connectivity index (χ1) is 5.39. The van der Waals surface area contributed by atoms with E-state index in [0.717, 1.165) is 0 Å². The molecule has 3 N–H and O–H groups in total. The third-order valence-electron chi connectivity index (χ3n) is 1.28. The molecule has 1 fully saturated rings. The van der Waals surface area contributed by atoms with Crippen molar-refractivity contribution in [3.05, 3.63) is 0 Å². The van der Waals surface area contributed by atoms with Crippen LogP contribution in [-0.4, -0.2) is 30.3 Å². The topological polar surface area (TPSA) is 113 Å². The van der Waals surface area contributed by atoms with Crippen LogP contribution in [0, 0.1) is 0 Å². The quantitative estimate of drug-likeness (QED) is 0.436. The molecule has 12 heavy (non-hydrogen) atoms. The lowest BCUT2D eigenvalue weighted by atomic mass is 10.3. The van der Waals surface area contributed by atoms with Gasteiger partial charge >= 0.3 is 6.03 Å². The van der Waals surface area contributed by atoms with Crippen molar-refractivity contribution in [3.8, 4) is 0 Å². The summed E-state index contributed by atoms with van der Waals surface area (Å²) < 4.78 is 29.3. The molecule has 1 aliphatic heterocycles. The average molecular weight is 194 g/mol. The summed E-state index contributed by atoms with van der Waals surface area (Å²) in [6, 6.07) is -0.922. The second-order valence-electron chi connectivity index (χ2n) is 2.23. The van der Waals surface area contributed by atoms with E-state index in [9.17, 15) is 18.0 Å². The van der Waals surface area contributed by atoms with Crippen molar-refractivity contribution in [2.24, 2.45) is 0 Å². The zero-order valence-electron chi connectivity index (χ0n) is 5.77. The summed E-state index contributed by atoms with van der Waals surface area (Å²) in [7, 11) is -4.38. The lowest BCUT2D eigenvalue weighted by Crippen LogP contribution is -2.54. The maximum atomic E-state index is 10.6. The summed E-state index contributed by atoms with van der Waals surface area (Å²) in [5.41, 5.74) is 0. The molecule has 0 aliphatic carbocycles. The third kappa shape index (κ3) is 1.92. The van der Waals surface area contributed by atoms with E-state index in [1.807, 2.05) is 10.6 Å². The first-order valence-electron chi connectivity index (χ1n) is 2.96. The zero-order chi connectivity index (χ0) is 9.35. The van der Waals surface area contributed by atoms with Crippen molar-refractivity contribution in [1.29, 1.82) is 0 Å². The van der Waals surface area contributed by atoms with Gasteiger partial charge in [0.2, 0.25) is 5.91 Å². The number of urea groups is 1. The number of hydrogen-bond acceptors (Lipinski definition) is 4. The fourth-order valence-corrected chi connectivity index (χ4v) is 1.38. The van der Waals surface area contributed by atoms with Crippen LogP contribution in [0.5, 0.6) is 0 Å². The number of imide groups is 1. The van der Waals surface area contributed by atoms with Gasteiger partial charge in [0.05, 0.1) is 6.42 Å². The van der Waals surface area contributed by atoms with E-state index in [1.54, 1.807) is 0 Å². The predicted octanol–water partition coefficient (Wildman–Crippen LogP) is -1.57. The van der Waals surface area contributed by atoms with E-state index in [2.05, 4.69) is 0 Å². The van der Waals surface area contributed by atoms with Crippen molar-refractivity contribution in [2.45, 2.75) is 11.8 Å². The van der Waals surface area contributed by atoms with Gasteiger partial charge in [-0.2, -0.15) is 8.42 Å². The van der Waals surface area contributed by atoms with Gasteiger partial charge in [-0.25, -0.2) is 4.79 Å². The molecule has 1 saturated heterocycles. The minimum Gasteiger partial charge on any atom is -0.318 e. The summed E-state index contributed by atoms with van der Waals surface area (Å²) in [5, 5.41) is 2.17. The predicted molar refractivity (Wildman–Crippen MR) is 36.6 cm³/mol. The largest absolute Gasteiger partial charge is 0.322 e. The minimum absolute atomic E-state index is 0.468. The van der Waals surface area contributed by atoms with E-state index in [0.29, 0.717) is 0 Å². The first kappa shape index (κ1) is 8.94. The molecule has 1 unspecified atom stereocenters. The highest BCUT2D eigenvalue weighted by Gasteiger charge is 2.32. The molecule has 0 aromatic rings. The van der Waals surface area contributed by atoms with E-state index >= 15 is 0 Å². The van der Waals surface area contributed by atoms with Crippen LogP contribution in [0.1, 0.15) is 6.42 Å². The molecule has 3 amide bonds. The van der Waals surface area contributed by atoms with Gasteiger partial charge in [-0.1, -0.05) is 0 Å². The van der Waals surface area contributed by atoms with Crippen molar-refractivity contribution in [2.75, 3.05) is 0 Å². The normalized spacial score (nSPS) is 24.6. The van der Waals surface area contributed by atoms with Crippen LogP contribution < -0.4 is 10.6 Å². The zero-order valence-corrected chi connectivity index (χ0v) is 6.59. The summed E-state index contributed by atoms with van der Waals surface area (Å²) in [6.45, 7) is 0. The van der Waals surface area contributed by atoms with Crippen LogP contribution in [0.15, 0.2) is 0 Å². The van der Waals surface area contributed by atoms with E-state index < -0.39 is 33.9 Å². The molecule has 1 rings (SSSR count). The van der Waals surface area contributed by atoms with Crippen molar-refractivity contribution >= 4 is 22.1 Å². The molecule has 1 aliphatic rings. The Kier molecular flexibility index (Phi) is 2.02. The third-order valence-corrected chi connectivity index (χ3v) is 2.28. The standard InChI is InChI=1S/C4H6N2O5S/c7-2-1-3(12(9,10)11)6-4(8)5-2/h3H,1H2,(H,9,10,11)(H2,5,6,7,8). The van der Waals surface area contributed by atoms with Gasteiger partial charge in [-0.15, -0.1) is 0 Å². The highest BCUT2D eigenvalue weighted by Crippen LogP contribution is 2.03. The van der Waals surface area contributed by atoms with Gasteiger partial charge in [0.1, 0.15) is 0 Å². The monoisotopic (exact) mass is 194 g/mol. The van der Waals surface area contributed by atoms with Gasteiger partial charge in [0.25, 0.3) is 10.1 Å². The summed E-state index contributed by atoms with van der Waals surface area (Å²) >= 11 is 0. The maximum absolute atomic E-state index is 10.6. The molecule has 0 aromatic heterocycles. The molecule has 8 heteroatoms. The highest BCUT2D eigenvalue weighted by molar-refractivity contribution is 7.86. The van der Waals surface area contributed by atoms with Crippen LogP contribution in [0.25, 0.3) is 0 Å². The lowest BCUT2D eigenvalue weighted by molar-refractivity contribution is -0.120. The van der Waals surface area contributed by atoms with Crippen LogP contribution in [-0.2, 0) is 14.9 Å². The Hall–Kier alpha value is -1.15. The molecule has 7 nitrogen and oxygen atoms in total. The van der Waals surface area contributed by atoms with Gasteiger partial charge in [0, 0.05) is 0 Å². The van der Waals surface area contributed by atoms with Gasteiger partial charge in [-0.05, 0) is 0 Å². The number of carbonyl (C=O) groups excluding carboxylic acids is 2. The molecule has 0 aromatic carbocycles. The Morgan fingerprint density at radius 3 is 2.42 bits per heavy atom. The molecule has 0 radical (unpaired) electrons. The Labute approximate surface area is 67.9 Å². The molecular weight excluding hydrogens is 188 g/mol. The number of nitrogens with one attached hydrogen (secondary N) is 2. The number of amides is 3. The smallest absolute Gasteiger partial charge is 0.318 e. The maximum Gasteiger partial charge on any atom is 0.322 e. The number of rotatable bonds is 1. The first-order valence-corrected chi connectivity index (χ1v) is 4.46. The summed E-state index contributed by atoms with van der Waals surface area (Å²) in [5.74, 6) is -0.735. The van der Waals surface area contributed by atoms with Crippen molar-refractivity contribution in [1.82, 2.24) is 10.6 Å². The Morgan fingerprint density at radius 1 is 1.42 bits per heavy atom. The van der Waals surface area contributed by atoms with Gasteiger partial charge in [-0.3, -0.25) is 14.7 Å². The average Bonchev–Trinajstić information content (AvgIpc) is 1.82. The fourth-order valence-electron chi connectivity index (χ4n) is 0.759. The Balaban J connectivity index is 2.82. The Morgan fingerprint density at radius 2 is 2.00 bits per heavy atom. The highest BCUT2D eigenvalue weighted by atomic mass is 32.2. The van der Waals surface area contributed by atoms with Crippen LogP contribution in [0.4, 0.5) is 4.79 Å². The van der Waals surface area contributed by atoms with Crippen molar-refractivity contribution < 1.29 is 22.6 Å². The fraction of sp³-hybridized carbons (Fsp3) is 0.500. The number of hydrogen-bond donors (Lipinski definition) is 3. The van der Waals surface area contributed by atoms with E-state index in [-0.39, 0.29) is 0 Å². The summed E-state index contributed by atoms with van der Waals surface area (Å²) in [6.07, 6.45) is -0.468. The molecule has 0 saturated carbocycles. The van der Waals surface area contributed by atoms with E-state index in [4.69, 9.17) is 4.55 Å². The van der Waals surface area contributed by atoms with E-state index in [1.165, 1.54) is 0 Å². The molecule has 68 valence electrons. The van der Waals surface area contributed by atoms with Crippen LogP contribution in [0.3, 0.4) is 0 Å². The van der Waals surface area contributed by atoms with Crippen LogP contribution >= 0.6 is 0 Å². The molecule has 1 heterocycles. The van der Waals surface area contributed by atoms with Crippen LogP contribution in [0.2, 0.25) is 0 Å². The second kappa shape index (κ2) is 2.72. The molecular formula is C4H6N2O5S. The summed E-state index contributed by atoms with van der Waals surface area (Å²) in [4.78, 5) is 21.1. The lowest BCUT2D eigenvalue weighted by Gasteiger charge is -2.19. The van der Waals surface area contributed by atoms with Crippen molar-refractivity contribution in [3.63, 3.8) is 0 Å². The minimum atomic E-state index is -4.38. The SMILES string of the molecule is O=C1CC(S(=O)(=O)O)NC(=O)N1. The molecule has 1 atom stereocenters. The number of carbonyl (C=O) groups is 2. The second-order valence-corrected chi connectivity index (χ2v) is 3.83. The molecule has 0 bridgehead atoms. The Bertz CT molecular complexity index is 304. The molecule has 0 spiro atoms. The van der Waals surface area contributed by atoms with Gasteiger partial charge in [0.15, 0.2) is 5.37 Å². The van der Waals surface area contributed by atoms with Gasteiger partial charge < -0.3 is 5.32 Å².